The highest BCUT2D eigenvalue weighted by atomic mass is 16.5. The Balaban J connectivity index is 2.25. The molecule has 0 radical (unpaired) electrons. The van der Waals surface area contributed by atoms with E-state index in [0.717, 1.165) is 17.0 Å². The molecule has 5 heteroatoms. The van der Waals surface area contributed by atoms with Crippen LogP contribution in [0.3, 0.4) is 0 Å². The molecule has 1 unspecified atom stereocenters. The van der Waals surface area contributed by atoms with Crippen LogP contribution in [0.15, 0.2) is 37.1 Å². The number of rotatable bonds is 4. The molecule has 0 saturated heterocycles. The first-order chi connectivity index (χ1) is 8.31. The molecule has 0 spiro atoms. The third-order valence-electron chi connectivity index (χ3n) is 2.33. The van der Waals surface area contributed by atoms with Gasteiger partial charge in [0, 0.05) is 12.4 Å². The molecule has 2 rings (SSSR count). The van der Waals surface area contributed by atoms with E-state index in [1.807, 2.05) is 13.0 Å². The molecule has 0 aliphatic carbocycles. The van der Waals surface area contributed by atoms with Gasteiger partial charge in [-0.1, -0.05) is 0 Å². The highest BCUT2D eigenvalue weighted by Crippen LogP contribution is 2.20. The zero-order chi connectivity index (χ0) is 12.1. The Morgan fingerprint density at radius 1 is 1.35 bits per heavy atom. The summed E-state index contributed by atoms with van der Waals surface area (Å²) in [7, 11) is 0. The zero-order valence-corrected chi connectivity index (χ0v) is 9.58. The molecule has 1 atom stereocenters. The quantitative estimate of drug-likeness (QED) is 0.857. The van der Waals surface area contributed by atoms with Crippen LogP contribution in [0.4, 0.5) is 0 Å². The standard InChI is InChI=1S/C12H14N4O/c1-2-17-10-5-9(6-15-7-10)12(13)11-3-4-14-8-16-11/h3-8,12H,2,13H2,1H3. The predicted molar refractivity (Wildman–Crippen MR) is 63.5 cm³/mol. The fourth-order valence-corrected chi connectivity index (χ4v) is 1.51. The van der Waals surface area contributed by atoms with Gasteiger partial charge >= 0.3 is 0 Å². The van der Waals surface area contributed by atoms with Crippen LogP contribution in [0.2, 0.25) is 0 Å². The van der Waals surface area contributed by atoms with Crippen LogP contribution in [-0.2, 0) is 0 Å². The van der Waals surface area contributed by atoms with Gasteiger partial charge in [0.2, 0.25) is 0 Å². The predicted octanol–water partition coefficient (Wildman–Crippen LogP) is 1.32. The fourth-order valence-electron chi connectivity index (χ4n) is 1.51. The average molecular weight is 230 g/mol. The van der Waals surface area contributed by atoms with Crippen molar-refractivity contribution >= 4 is 0 Å². The van der Waals surface area contributed by atoms with Gasteiger partial charge in [0.25, 0.3) is 0 Å². The van der Waals surface area contributed by atoms with Gasteiger partial charge in [-0.2, -0.15) is 0 Å². The van der Waals surface area contributed by atoms with Crippen molar-refractivity contribution in [2.45, 2.75) is 13.0 Å². The van der Waals surface area contributed by atoms with Gasteiger partial charge in [0.1, 0.15) is 12.1 Å². The Bertz CT molecular complexity index is 475. The molecule has 0 amide bonds. The molecular formula is C12H14N4O. The first-order valence-corrected chi connectivity index (χ1v) is 5.40. The molecule has 2 aromatic rings. The first kappa shape index (κ1) is 11.5. The van der Waals surface area contributed by atoms with E-state index < -0.39 is 0 Å². The number of pyridine rings is 1. The summed E-state index contributed by atoms with van der Waals surface area (Å²) in [4.78, 5) is 12.1. The van der Waals surface area contributed by atoms with Gasteiger partial charge in [0.15, 0.2) is 0 Å². The van der Waals surface area contributed by atoms with E-state index in [2.05, 4.69) is 15.0 Å². The van der Waals surface area contributed by atoms with E-state index >= 15 is 0 Å². The van der Waals surface area contributed by atoms with Crippen LogP contribution in [0, 0.1) is 0 Å². The number of nitrogens with two attached hydrogens (primary N) is 1. The minimum Gasteiger partial charge on any atom is -0.492 e. The molecule has 0 saturated carbocycles. The molecule has 0 fully saturated rings. The number of hydrogen-bond acceptors (Lipinski definition) is 5. The molecular weight excluding hydrogens is 216 g/mol. The van der Waals surface area contributed by atoms with E-state index in [4.69, 9.17) is 10.5 Å². The summed E-state index contributed by atoms with van der Waals surface area (Å²) < 4.78 is 5.38. The molecule has 0 bridgehead atoms. The molecule has 0 aromatic carbocycles. The Labute approximate surface area is 99.7 Å². The van der Waals surface area contributed by atoms with Crippen LogP contribution in [0.1, 0.15) is 24.2 Å². The number of hydrogen-bond donors (Lipinski definition) is 1. The Kier molecular flexibility index (Phi) is 3.62. The van der Waals surface area contributed by atoms with E-state index in [9.17, 15) is 0 Å². The summed E-state index contributed by atoms with van der Waals surface area (Å²) in [6.07, 6.45) is 6.53. The SMILES string of the molecule is CCOc1cncc(C(N)c2ccncn2)c1. The van der Waals surface area contributed by atoms with Crippen molar-refractivity contribution in [1.82, 2.24) is 15.0 Å². The average Bonchev–Trinajstić information content (AvgIpc) is 2.40. The summed E-state index contributed by atoms with van der Waals surface area (Å²) >= 11 is 0. The molecule has 5 nitrogen and oxygen atoms in total. The number of nitrogens with zero attached hydrogens (tertiary/aromatic N) is 3. The molecule has 0 aliphatic heterocycles. The monoisotopic (exact) mass is 230 g/mol. The molecule has 88 valence electrons. The minimum atomic E-state index is -0.314. The zero-order valence-electron chi connectivity index (χ0n) is 9.58. The van der Waals surface area contributed by atoms with Crippen LogP contribution in [0.25, 0.3) is 0 Å². The Morgan fingerprint density at radius 2 is 2.24 bits per heavy atom. The van der Waals surface area contributed by atoms with Gasteiger partial charge < -0.3 is 10.5 Å². The normalized spacial score (nSPS) is 12.1. The Hall–Kier alpha value is -2.01. The van der Waals surface area contributed by atoms with E-state index in [1.54, 1.807) is 24.7 Å². The summed E-state index contributed by atoms with van der Waals surface area (Å²) in [5, 5.41) is 0. The van der Waals surface area contributed by atoms with Crippen LogP contribution < -0.4 is 10.5 Å². The molecule has 2 N–H and O–H groups in total. The van der Waals surface area contributed by atoms with E-state index in [1.165, 1.54) is 6.33 Å². The van der Waals surface area contributed by atoms with Gasteiger partial charge in [-0.05, 0) is 24.6 Å². The first-order valence-electron chi connectivity index (χ1n) is 5.40. The van der Waals surface area contributed by atoms with Crippen LogP contribution in [-0.4, -0.2) is 21.6 Å². The lowest BCUT2D eigenvalue weighted by molar-refractivity contribution is 0.338. The molecule has 2 aromatic heterocycles. The topological polar surface area (TPSA) is 73.9 Å². The van der Waals surface area contributed by atoms with Crippen molar-refractivity contribution in [1.29, 1.82) is 0 Å². The van der Waals surface area contributed by atoms with Crippen molar-refractivity contribution in [3.63, 3.8) is 0 Å². The van der Waals surface area contributed by atoms with E-state index in [-0.39, 0.29) is 6.04 Å². The lowest BCUT2D eigenvalue weighted by Crippen LogP contribution is -2.14. The molecule has 2 heterocycles. The second-order valence-electron chi connectivity index (χ2n) is 3.50. The van der Waals surface area contributed by atoms with Gasteiger partial charge in [-0.15, -0.1) is 0 Å². The molecule has 0 aliphatic rings. The second kappa shape index (κ2) is 5.36. The van der Waals surface area contributed by atoms with Crippen LogP contribution >= 0.6 is 0 Å². The highest BCUT2D eigenvalue weighted by molar-refractivity contribution is 5.30. The summed E-state index contributed by atoms with van der Waals surface area (Å²) in [6, 6.07) is 3.35. The van der Waals surface area contributed by atoms with Crippen LogP contribution in [0.5, 0.6) is 5.75 Å². The second-order valence-corrected chi connectivity index (χ2v) is 3.50. The third-order valence-corrected chi connectivity index (χ3v) is 2.33. The van der Waals surface area contributed by atoms with E-state index in [0.29, 0.717) is 6.61 Å². The third kappa shape index (κ3) is 2.76. The fraction of sp³-hybridized carbons (Fsp3) is 0.250. The number of aromatic nitrogens is 3. The number of ether oxygens (including phenoxy) is 1. The lowest BCUT2D eigenvalue weighted by Gasteiger charge is -2.11. The highest BCUT2D eigenvalue weighted by Gasteiger charge is 2.11. The largest absolute Gasteiger partial charge is 0.492 e. The van der Waals surface area contributed by atoms with Crippen molar-refractivity contribution in [2.24, 2.45) is 5.73 Å². The smallest absolute Gasteiger partial charge is 0.137 e. The lowest BCUT2D eigenvalue weighted by atomic mass is 10.1. The van der Waals surface area contributed by atoms with Gasteiger partial charge in [-0.3, -0.25) is 4.98 Å². The van der Waals surface area contributed by atoms with Gasteiger partial charge in [0.05, 0.1) is 24.5 Å². The van der Waals surface area contributed by atoms with Gasteiger partial charge in [-0.25, -0.2) is 9.97 Å². The summed E-state index contributed by atoms with van der Waals surface area (Å²) in [5.41, 5.74) is 7.73. The van der Waals surface area contributed by atoms with Crippen molar-refractivity contribution in [3.05, 3.63) is 48.3 Å². The maximum absolute atomic E-state index is 6.10. The van der Waals surface area contributed by atoms with Crippen molar-refractivity contribution in [3.8, 4) is 5.75 Å². The van der Waals surface area contributed by atoms with Crippen molar-refractivity contribution in [2.75, 3.05) is 6.61 Å². The summed E-state index contributed by atoms with van der Waals surface area (Å²) in [5.74, 6) is 0.717. The maximum atomic E-state index is 6.10. The minimum absolute atomic E-state index is 0.314. The maximum Gasteiger partial charge on any atom is 0.137 e. The molecule has 17 heavy (non-hydrogen) atoms. The summed E-state index contributed by atoms with van der Waals surface area (Å²) in [6.45, 7) is 2.53. The Morgan fingerprint density at radius 3 is 2.94 bits per heavy atom. The van der Waals surface area contributed by atoms with Crippen molar-refractivity contribution < 1.29 is 4.74 Å².